The molecule has 0 unspecified atom stereocenters. The van der Waals surface area contributed by atoms with Gasteiger partial charge in [0.15, 0.2) is 0 Å². The molecule has 0 fully saturated rings. The van der Waals surface area contributed by atoms with Gasteiger partial charge in [-0.25, -0.2) is 9.79 Å². The van der Waals surface area contributed by atoms with E-state index in [0.717, 1.165) is 28.7 Å². The van der Waals surface area contributed by atoms with E-state index in [-0.39, 0.29) is 25.4 Å². The van der Waals surface area contributed by atoms with Crippen molar-refractivity contribution < 1.29 is 24.2 Å². The Hall–Kier alpha value is -3.65. The summed E-state index contributed by atoms with van der Waals surface area (Å²) in [6, 6.07) is 13.5. The van der Waals surface area contributed by atoms with Crippen molar-refractivity contribution in [1.29, 1.82) is 0 Å². The van der Waals surface area contributed by atoms with Gasteiger partial charge in [0.25, 0.3) is 0 Å². The summed E-state index contributed by atoms with van der Waals surface area (Å²) in [7, 11) is 1.37. The van der Waals surface area contributed by atoms with Crippen LogP contribution in [0.15, 0.2) is 53.2 Å². The van der Waals surface area contributed by atoms with Gasteiger partial charge >= 0.3 is 12.1 Å². The first-order valence-electron chi connectivity index (χ1n) is 11.3. The van der Waals surface area contributed by atoms with E-state index >= 15 is 0 Å². The molecule has 2 aromatic rings. The second kappa shape index (κ2) is 12.0. The molecule has 0 bridgehead atoms. The molecule has 180 valence electrons. The van der Waals surface area contributed by atoms with Crippen molar-refractivity contribution in [3.05, 3.63) is 59.4 Å². The van der Waals surface area contributed by atoms with Gasteiger partial charge in [0.1, 0.15) is 11.6 Å². The third-order valence-corrected chi connectivity index (χ3v) is 5.39. The number of aliphatic hydroxyl groups is 1. The van der Waals surface area contributed by atoms with Crippen molar-refractivity contribution in [2.24, 2.45) is 10.7 Å². The van der Waals surface area contributed by atoms with Gasteiger partial charge in [0.05, 0.1) is 25.6 Å². The Labute approximate surface area is 199 Å². The van der Waals surface area contributed by atoms with Crippen LogP contribution in [0, 0.1) is 0 Å². The summed E-state index contributed by atoms with van der Waals surface area (Å²) in [4.78, 5) is 30.2. The molecule has 0 atom stereocenters. The van der Waals surface area contributed by atoms with Crippen molar-refractivity contribution in [1.82, 2.24) is 4.90 Å². The summed E-state index contributed by atoms with van der Waals surface area (Å²) in [6.45, 7) is 2.97. The zero-order chi connectivity index (χ0) is 24.5. The Morgan fingerprint density at radius 1 is 1.12 bits per heavy atom. The van der Waals surface area contributed by atoms with E-state index in [4.69, 9.17) is 20.3 Å². The maximum Gasteiger partial charge on any atom is 0.414 e. The lowest BCUT2D eigenvalue weighted by Gasteiger charge is -2.21. The number of fused-ring (bicyclic) bond motifs is 1. The maximum absolute atomic E-state index is 12.7. The Balaban J connectivity index is 1.80. The topological polar surface area (TPSA) is 114 Å². The second-order valence-corrected chi connectivity index (χ2v) is 8.05. The number of hydrogen-bond acceptors (Lipinski definition) is 7. The van der Waals surface area contributed by atoms with Crippen molar-refractivity contribution in [3.63, 3.8) is 0 Å². The first-order valence-corrected chi connectivity index (χ1v) is 11.3. The van der Waals surface area contributed by atoms with E-state index in [9.17, 15) is 9.59 Å². The Bertz CT molecular complexity index is 1080. The number of methoxy groups -OCH3 is 1. The van der Waals surface area contributed by atoms with Crippen LogP contribution in [0.1, 0.15) is 37.3 Å². The number of benzene rings is 2. The van der Waals surface area contributed by atoms with Crippen molar-refractivity contribution in [2.75, 3.05) is 26.8 Å². The lowest BCUT2D eigenvalue weighted by Crippen LogP contribution is -2.33. The van der Waals surface area contributed by atoms with E-state index in [0.29, 0.717) is 36.8 Å². The van der Waals surface area contributed by atoms with E-state index in [1.54, 1.807) is 11.0 Å². The average molecular weight is 466 g/mol. The van der Waals surface area contributed by atoms with Crippen LogP contribution in [0.4, 0.5) is 10.5 Å². The number of carbonyl (C=O) groups is 2. The molecule has 2 aromatic carbocycles. The molecule has 3 N–H and O–H groups in total. The van der Waals surface area contributed by atoms with E-state index in [1.165, 1.54) is 7.11 Å². The van der Waals surface area contributed by atoms with Crippen LogP contribution >= 0.6 is 0 Å². The highest BCUT2D eigenvalue weighted by Gasteiger charge is 2.19. The molecule has 8 heteroatoms. The van der Waals surface area contributed by atoms with Gasteiger partial charge < -0.3 is 25.2 Å². The molecular formula is C26H31N3O5. The molecular weight excluding hydrogens is 434 g/mol. The first kappa shape index (κ1) is 25.0. The number of ether oxygens (including phenoxy) is 2. The summed E-state index contributed by atoms with van der Waals surface area (Å²) in [5, 5.41) is 9.09. The van der Waals surface area contributed by atoms with Crippen molar-refractivity contribution in [3.8, 4) is 11.1 Å². The average Bonchev–Trinajstić information content (AvgIpc) is 2.98. The van der Waals surface area contributed by atoms with Crippen LogP contribution in [0.25, 0.3) is 17.2 Å². The standard InChI is InChI=1S/C26H31N3O5/c1-3-11-29(12-4-13-30)26(32)34-22-15-21-10-9-20(16-23(21)28-24(27)17-22)19-7-5-18(6-8-19)14-25(31)33-2/h5-10,15-16,30H,3-4,11-14,17H2,1-2H3,(H2,27,28). The predicted octanol–water partition coefficient (Wildman–Crippen LogP) is 4.03. The van der Waals surface area contributed by atoms with Crippen LogP contribution in [0.3, 0.4) is 0 Å². The number of amides is 1. The fourth-order valence-electron chi connectivity index (χ4n) is 3.66. The molecule has 0 aliphatic carbocycles. The zero-order valence-corrected chi connectivity index (χ0v) is 19.6. The minimum atomic E-state index is -0.457. The molecule has 0 radical (unpaired) electrons. The van der Waals surface area contributed by atoms with Crippen molar-refractivity contribution >= 4 is 29.7 Å². The molecule has 0 spiro atoms. The minimum absolute atomic E-state index is 0.0134. The van der Waals surface area contributed by atoms with Crippen LogP contribution in [-0.2, 0) is 20.7 Å². The van der Waals surface area contributed by atoms with Crippen LogP contribution in [-0.4, -0.2) is 54.7 Å². The number of rotatable bonds is 9. The molecule has 3 rings (SSSR count). The van der Waals surface area contributed by atoms with Gasteiger partial charge in [0, 0.05) is 25.3 Å². The van der Waals surface area contributed by atoms with Crippen LogP contribution < -0.4 is 5.73 Å². The zero-order valence-electron chi connectivity index (χ0n) is 19.6. The highest BCUT2D eigenvalue weighted by atomic mass is 16.6. The molecule has 0 saturated heterocycles. The Kier molecular flexibility index (Phi) is 8.81. The SMILES string of the molecule is CCCN(CCCO)C(=O)OC1=Cc2ccc(-c3ccc(CC(=O)OC)cc3)cc2N=C(N)C1. The highest BCUT2D eigenvalue weighted by Crippen LogP contribution is 2.32. The predicted molar refractivity (Wildman–Crippen MR) is 132 cm³/mol. The number of esters is 1. The minimum Gasteiger partial charge on any atom is -0.469 e. The lowest BCUT2D eigenvalue weighted by atomic mass is 10.0. The normalized spacial score (nSPS) is 12.7. The van der Waals surface area contributed by atoms with Crippen LogP contribution in [0.5, 0.6) is 0 Å². The number of nitrogens with zero attached hydrogens (tertiary/aromatic N) is 2. The summed E-state index contributed by atoms with van der Waals surface area (Å²) in [5.41, 5.74) is 10.4. The van der Waals surface area contributed by atoms with Gasteiger partial charge in [-0.15, -0.1) is 0 Å². The van der Waals surface area contributed by atoms with E-state index in [2.05, 4.69) is 4.99 Å². The third kappa shape index (κ3) is 6.68. The van der Waals surface area contributed by atoms with Gasteiger partial charge in [-0.05, 0) is 41.7 Å². The molecule has 1 aliphatic rings. The van der Waals surface area contributed by atoms with Gasteiger partial charge in [0.2, 0.25) is 0 Å². The number of hydrogen-bond donors (Lipinski definition) is 2. The molecule has 1 heterocycles. The lowest BCUT2D eigenvalue weighted by molar-refractivity contribution is -0.139. The molecule has 0 aromatic heterocycles. The van der Waals surface area contributed by atoms with Gasteiger partial charge in [-0.3, -0.25) is 4.79 Å². The molecule has 0 saturated carbocycles. The highest BCUT2D eigenvalue weighted by molar-refractivity contribution is 5.91. The summed E-state index contributed by atoms with van der Waals surface area (Å²) >= 11 is 0. The quantitative estimate of drug-likeness (QED) is 0.541. The number of amidine groups is 1. The second-order valence-electron chi connectivity index (χ2n) is 8.05. The number of carbonyl (C=O) groups excluding carboxylic acids is 2. The van der Waals surface area contributed by atoms with E-state index in [1.807, 2.05) is 49.4 Å². The fourth-order valence-corrected chi connectivity index (χ4v) is 3.66. The number of aliphatic imine (C=N–C) groups is 1. The third-order valence-electron chi connectivity index (χ3n) is 5.39. The van der Waals surface area contributed by atoms with E-state index < -0.39 is 6.09 Å². The van der Waals surface area contributed by atoms with Crippen molar-refractivity contribution in [2.45, 2.75) is 32.6 Å². The smallest absolute Gasteiger partial charge is 0.414 e. The Morgan fingerprint density at radius 2 is 1.85 bits per heavy atom. The first-order chi connectivity index (χ1) is 16.4. The largest absolute Gasteiger partial charge is 0.469 e. The summed E-state index contributed by atoms with van der Waals surface area (Å²) in [5.74, 6) is 0.493. The molecule has 34 heavy (non-hydrogen) atoms. The molecule has 1 aliphatic heterocycles. The number of nitrogens with two attached hydrogens (primary N) is 1. The van der Waals surface area contributed by atoms with Gasteiger partial charge in [-0.1, -0.05) is 43.3 Å². The summed E-state index contributed by atoms with van der Waals surface area (Å²) in [6.07, 6.45) is 3.06. The summed E-state index contributed by atoms with van der Waals surface area (Å²) < 4.78 is 10.4. The number of aliphatic hydroxyl groups excluding tert-OH is 1. The van der Waals surface area contributed by atoms with Crippen LogP contribution in [0.2, 0.25) is 0 Å². The Morgan fingerprint density at radius 3 is 2.53 bits per heavy atom. The maximum atomic E-state index is 12.7. The monoisotopic (exact) mass is 465 g/mol. The van der Waals surface area contributed by atoms with Gasteiger partial charge in [-0.2, -0.15) is 0 Å². The molecule has 8 nitrogen and oxygen atoms in total. The fraction of sp³-hybridized carbons (Fsp3) is 0.346. The molecule has 1 amide bonds.